The monoisotopic (exact) mass is 463 g/mol. The standard InChI is InChI=1S/C19H19Cl2N3S.2ClH/c20-15-3-1-14(19(21)11-15)2-6-18(12-24-10-9-23-13-24)25-17-7-4-16(22)5-8-17;;/h1,3-5,7-11,13,18H,2,6,12,22H2;2*1H. The van der Waals surface area contributed by atoms with Crippen LogP contribution in [-0.2, 0) is 13.0 Å². The predicted molar refractivity (Wildman–Crippen MR) is 122 cm³/mol. The van der Waals surface area contributed by atoms with Gasteiger partial charge in [-0.15, -0.1) is 36.6 Å². The normalized spacial score (nSPS) is 11.3. The summed E-state index contributed by atoms with van der Waals surface area (Å²) in [6.45, 7) is 0.889. The van der Waals surface area contributed by atoms with Crippen LogP contribution < -0.4 is 5.73 Å². The number of aromatic nitrogens is 2. The van der Waals surface area contributed by atoms with Crippen molar-refractivity contribution in [3.05, 3.63) is 76.8 Å². The molecule has 1 atom stereocenters. The summed E-state index contributed by atoms with van der Waals surface area (Å²) in [7, 11) is 0. The molecule has 3 nitrogen and oxygen atoms in total. The number of anilines is 1. The molecule has 2 aromatic carbocycles. The molecule has 0 saturated carbocycles. The Bertz CT molecular complexity index is 810. The lowest BCUT2D eigenvalue weighted by molar-refractivity contribution is 0.624. The molecule has 146 valence electrons. The maximum absolute atomic E-state index is 6.31. The first-order valence-electron chi connectivity index (χ1n) is 8.02. The van der Waals surface area contributed by atoms with Crippen LogP contribution in [0.15, 0.2) is 66.1 Å². The van der Waals surface area contributed by atoms with Crippen molar-refractivity contribution in [1.29, 1.82) is 0 Å². The number of hydrogen-bond acceptors (Lipinski definition) is 3. The summed E-state index contributed by atoms with van der Waals surface area (Å²) in [6, 6.07) is 13.7. The van der Waals surface area contributed by atoms with Crippen LogP contribution in [0.3, 0.4) is 0 Å². The average molecular weight is 465 g/mol. The van der Waals surface area contributed by atoms with Gasteiger partial charge in [-0.3, -0.25) is 0 Å². The molecule has 2 N–H and O–H groups in total. The lowest BCUT2D eigenvalue weighted by atomic mass is 10.1. The summed E-state index contributed by atoms with van der Waals surface area (Å²) in [5.41, 5.74) is 7.69. The zero-order valence-corrected chi connectivity index (χ0v) is 18.4. The maximum atomic E-state index is 6.31. The molecule has 0 saturated heterocycles. The second-order valence-electron chi connectivity index (χ2n) is 5.84. The molecule has 0 aliphatic rings. The van der Waals surface area contributed by atoms with Crippen LogP contribution in [-0.4, -0.2) is 14.8 Å². The molecular weight excluding hydrogens is 444 g/mol. The van der Waals surface area contributed by atoms with Gasteiger partial charge in [0.2, 0.25) is 0 Å². The highest BCUT2D eigenvalue weighted by Gasteiger charge is 2.13. The zero-order valence-electron chi connectivity index (χ0n) is 14.4. The fraction of sp³-hybridized carbons (Fsp3) is 0.211. The third kappa shape index (κ3) is 7.47. The Labute approximate surface area is 186 Å². The van der Waals surface area contributed by atoms with E-state index in [0.717, 1.165) is 35.7 Å². The average Bonchev–Trinajstić information content (AvgIpc) is 3.09. The molecule has 8 heteroatoms. The van der Waals surface area contributed by atoms with Crippen LogP contribution in [0, 0.1) is 0 Å². The van der Waals surface area contributed by atoms with Crippen molar-refractivity contribution in [3.8, 4) is 0 Å². The Balaban J connectivity index is 0.00000182. The van der Waals surface area contributed by atoms with Gasteiger partial charge in [0.25, 0.3) is 0 Å². The van der Waals surface area contributed by atoms with Crippen molar-refractivity contribution >= 4 is 65.5 Å². The van der Waals surface area contributed by atoms with Gasteiger partial charge in [-0.2, -0.15) is 0 Å². The number of imidazole rings is 1. The van der Waals surface area contributed by atoms with Crippen LogP contribution in [0.2, 0.25) is 10.0 Å². The Morgan fingerprint density at radius 3 is 2.44 bits per heavy atom. The van der Waals surface area contributed by atoms with E-state index in [9.17, 15) is 0 Å². The van der Waals surface area contributed by atoms with E-state index in [4.69, 9.17) is 28.9 Å². The summed E-state index contributed by atoms with van der Waals surface area (Å²) in [6.07, 6.45) is 7.55. The number of thioether (sulfide) groups is 1. The number of aryl methyl sites for hydroxylation is 1. The van der Waals surface area contributed by atoms with Crippen molar-refractivity contribution in [2.45, 2.75) is 29.5 Å². The van der Waals surface area contributed by atoms with Gasteiger partial charge in [-0.25, -0.2) is 4.98 Å². The largest absolute Gasteiger partial charge is 0.399 e. The summed E-state index contributed by atoms with van der Waals surface area (Å²) in [4.78, 5) is 5.35. The highest BCUT2D eigenvalue weighted by molar-refractivity contribution is 8.00. The molecule has 1 heterocycles. The fourth-order valence-corrected chi connectivity index (χ4v) is 4.26. The molecule has 1 unspecified atom stereocenters. The molecule has 0 spiro atoms. The topological polar surface area (TPSA) is 43.8 Å². The third-order valence-corrected chi connectivity index (χ3v) is 5.76. The van der Waals surface area contributed by atoms with Crippen LogP contribution in [0.4, 0.5) is 5.69 Å². The number of nitrogens with zero attached hydrogens (tertiary/aromatic N) is 2. The Morgan fingerprint density at radius 1 is 1.07 bits per heavy atom. The Morgan fingerprint density at radius 2 is 1.81 bits per heavy atom. The second-order valence-corrected chi connectivity index (χ2v) is 8.06. The molecule has 0 amide bonds. The van der Waals surface area contributed by atoms with E-state index in [-0.39, 0.29) is 24.8 Å². The number of benzene rings is 2. The van der Waals surface area contributed by atoms with Gasteiger partial charge < -0.3 is 10.3 Å². The van der Waals surface area contributed by atoms with E-state index in [1.54, 1.807) is 12.3 Å². The van der Waals surface area contributed by atoms with Gasteiger partial charge in [0.1, 0.15) is 0 Å². The van der Waals surface area contributed by atoms with Gasteiger partial charge in [0, 0.05) is 44.8 Å². The van der Waals surface area contributed by atoms with E-state index in [2.05, 4.69) is 21.7 Å². The first-order chi connectivity index (χ1) is 12.1. The van der Waals surface area contributed by atoms with Crippen LogP contribution in [0.5, 0.6) is 0 Å². The first-order valence-corrected chi connectivity index (χ1v) is 9.65. The van der Waals surface area contributed by atoms with E-state index in [0.29, 0.717) is 10.3 Å². The second kappa shape index (κ2) is 11.7. The molecule has 27 heavy (non-hydrogen) atoms. The number of nitrogen functional groups attached to an aromatic ring is 1. The molecule has 1 aromatic heterocycles. The highest BCUT2D eigenvalue weighted by atomic mass is 35.5. The smallest absolute Gasteiger partial charge is 0.0946 e. The van der Waals surface area contributed by atoms with E-state index in [1.165, 1.54) is 4.90 Å². The fourth-order valence-electron chi connectivity index (χ4n) is 2.60. The summed E-state index contributed by atoms with van der Waals surface area (Å²) in [5.74, 6) is 0. The lowest BCUT2D eigenvalue weighted by Gasteiger charge is -2.18. The summed E-state index contributed by atoms with van der Waals surface area (Å²) < 4.78 is 2.11. The SMILES string of the molecule is Cl.Cl.Nc1ccc(SC(CCc2ccc(Cl)cc2Cl)Cn2ccnc2)cc1. The van der Waals surface area contributed by atoms with Gasteiger partial charge in [0.05, 0.1) is 6.33 Å². The van der Waals surface area contributed by atoms with Gasteiger partial charge in [-0.1, -0.05) is 29.3 Å². The van der Waals surface area contributed by atoms with Crippen molar-refractivity contribution in [2.75, 3.05) is 5.73 Å². The zero-order chi connectivity index (χ0) is 17.6. The number of halogens is 4. The van der Waals surface area contributed by atoms with E-state index in [1.807, 2.05) is 48.6 Å². The minimum atomic E-state index is 0. The summed E-state index contributed by atoms with van der Waals surface area (Å²) >= 11 is 14.1. The lowest BCUT2D eigenvalue weighted by Crippen LogP contribution is -2.13. The van der Waals surface area contributed by atoms with Crippen molar-refractivity contribution in [1.82, 2.24) is 9.55 Å². The molecule has 0 aliphatic carbocycles. The van der Waals surface area contributed by atoms with Gasteiger partial charge in [-0.05, 0) is 54.8 Å². The van der Waals surface area contributed by atoms with Gasteiger partial charge >= 0.3 is 0 Å². The quantitative estimate of drug-likeness (QED) is 0.324. The molecule has 0 radical (unpaired) electrons. The van der Waals surface area contributed by atoms with Crippen LogP contribution in [0.1, 0.15) is 12.0 Å². The molecule has 3 rings (SSSR count). The predicted octanol–water partition coefficient (Wildman–Crippen LogP) is 6.41. The summed E-state index contributed by atoms with van der Waals surface area (Å²) in [5, 5.41) is 1.79. The minimum Gasteiger partial charge on any atom is -0.399 e. The highest BCUT2D eigenvalue weighted by Crippen LogP contribution is 2.30. The van der Waals surface area contributed by atoms with Gasteiger partial charge in [0.15, 0.2) is 0 Å². The van der Waals surface area contributed by atoms with E-state index >= 15 is 0 Å². The molecule has 0 fully saturated rings. The molecular formula is C19H21Cl4N3S. The number of rotatable bonds is 7. The van der Waals surface area contributed by atoms with Crippen molar-refractivity contribution < 1.29 is 0 Å². The van der Waals surface area contributed by atoms with Crippen molar-refractivity contribution in [3.63, 3.8) is 0 Å². The number of hydrogen-bond donors (Lipinski definition) is 1. The maximum Gasteiger partial charge on any atom is 0.0946 e. The van der Waals surface area contributed by atoms with Crippen LogP contribution >= 0.6 is 59.8 Å². The number of nitrogens with two attached hydrogens (primary N) is 1. The third-order valence-electron chi connectivity index (χ3n) is 3.91. The Kier molecular flexibility index (Phi) is 10.4. The molecule has 0 bridgehead atoms. The molecule has 0 aliphatic heterocycles. The molecule has 3 aromatic rings. The van der Waals surface area contributed by atoms with Crippen LogP contribution in [0.25, 0.3) is 0 Å². The first kappa shape index (κ1) is 24.0. The van der Waals surface area contributed by atoms with E-state index < -0.39 is 0 Å². The Hall–Kier alpha value is -1.04. The minimum absolute atomic E-state index is 0. The van der Waals surface area contributed by atoms with Crippen molar-refractivity contribution in [2.24, 2.45) is 0 Å².